The van der Waals surface area contributed by atoms with Crippen LogP contribution in [0.2, 0.25) is 0 Å². The van der Waals surface area contributed by atoms with E-state index < -0.39 is 17.6 Å². The Labute approximate surface area is 147 Å². The Balaban J connectivity index is 1.64. The number of nitrogens with zero attached hydrogens (tertiary/aromatic N) is 2. The fourth-order valence-electron chi connectivity index (χ4n) is 2.28. The zero-order chi connectivity index (χ0) is 17.6. The number of amides is 2. The van der Waals surface area contributed by atoms with Gasteiger partial charge in [0.05, 0.1) is 5.69 Å². The molecule has 0 aliphatic heterocycles. The SMILES string of the molecule is O=C(NCC(c1cccs1)n1cccn1)C(=O)Nc1ccccc1F. The zero-order valence-electron chi connectivity index (χ0n) is 13.1. The van der Waals surface area contributed by atoms with E-state index in [2.05, 4.69) is 15.7 Å². The van der Waals surface area contributed by atoms with Crippen molar-refractivity contribution in [2.45, 2.75) is 6.04 Å². The van der Waals surface area contributed by atoms with Crippen LogP contribution < -0.4 is 10.6 Å². The molecule has 128 valence electrons. The molecule has 3 rings (SSSR count). The molecule has 1 atom stereocenters. The first-order valence-corrected chi connectivity index (χ1v) is 8.39. The van der Waals surface area contributed by atoms with Gasteiger partial charge >= 0.3 is 11.8 Å². The molecule has 1 unspecified atom stereocenters. The van der Waals surface area contributed by atoms with E-state index in [9.17, 15) is 14.0 Å². The van der Waals surface area contributed by atoms with Crippen molar-refractivity contribution in [3.63, 3.8) is 0 Å². The van der Waals surface area contributed by atoms with Crippen LogP contribution in [-0.4, -0.2) is 28.1 Å². The highest BCUT2D eigenvalue weighted by Gasteiger charge is 2.20. The Bertz CT molecular complexity index is 815. The van der Waals surface area contributed by atoms with Gasteiger partial charge in [-0.25, -0.2) is 4.39 Å². The molecule has 0 bridgehead atoms. The molecule has 0 spiro atoms. The maximum absolute atomic E-state index is 13.5. The van der Waals surface area contributed by atoms with Crippen molar-refractivity contribution in [1.29, 1.82) is 0 Å². The Morgan fingerprint density at radius 1 is 1.16 bits per heavy atom. The molecule has 0 saturated heterocycles. The maximum Gasteiger partial charge on any atom is 0.313 e. The van der Waals surface area contributed by atoms with Gasteiger partial charge in [-0.05, 0) is 29.6 Å². The zero-order valence-corrected chi connectivity index (χ0v) is 13.9. The van der Waals surface area contributed by atoms with Gasteiger partial charge in [-0.1, -0.05) is 18.2 Å². The molecule has 2 N–H and O–H groups in total. The summed E-state index contributed by atoms with van der Waals surface area (Å²) in [5.41, 5.74) is -0.0375. The summed E-state index contributed by atoms with van der Waals surface area (Å²) < 4.78 is 15.3. The van der Waals surface area contributed by atoms with E-state index in [1.807, 2.05) is 17.5 Å². The number of hydrogen-bond donors (Lipinski definition) is 2. The number of thiophene rings is 1. The maximum atomic E-state index is 13.5. The smallest absolute Gasteiger partial charge is 0.313 e. The van der Waals surface area contributed by atoms with Crippen molar-refractivity contribution in [1.82, 2.24) is 15.1 Å². The normalized spacial score (nSPS) is 11.7. The lowest BCUT2D eigenvalue weighted by molar-refractivity contribution is -0.136. The summed E-state index contributed by atoms with van der Waals surface area (Å²) in [6.45, 7) is 0.186. The predicted octanol–water partition coefficient (Wildman–Crippen LogP) is 2.43. The lowest BCUT2D eigenvalue weighted by Crippen LogP contribution is -2.39. The van der Waals surface area contributed by atoms with Crippen molar-refractivity contribution in [2.75, 3.05) is 11.9 Å². The number of rotatable bonds is 5. The largest absolute Gasteiger partial charge is 0.345 e. The van der Waals surface area contributed by atoms with Gasteiger partial charge in [0.1, 0.15) is 11.9 Å². The average Bonchev–Trinajstić information content (AvgIpc) is 3.31. The third-order valence-corrected chi connectivity index (χ3v) is 4.47. The number of para-hydroxylation sites is 1. The lowest BCUT2D eigenvalue weighted by atomic mass is 10.2. The van der Waals surface area contributed by atoms with Gasteiger partial charge in [-0.2, -0.15) is 5.10 Å². The summed E-state index contributed by atoms with van der Waals surface area (Å²) in [4.78, 5) is 25.0. The molecule has 8 heteroatoms. The van der Waals surface area contributed by atoms with E-state index in [0.717, 1.165) is 4.88 Å². The minimum atomic E-state index is -0.921. The van der Waals surface area contributed by atoms with Crippen LogP contribution in [0, 0.1) is 5.82 Å². The Hall–Kier alpha value is -3.00. The third-order valence-electron chi connectivity index (χ3n) is 3.50. The van der Waals surface area contributed by atoms with Gasteiger partial charge in [-0.3, -0.25) is 14.3 Å². The Morgan fingerprint density at radius 2 is 2.00 bits per heavy atom. The molecular formula is C17H15FN4O2S. The number of halogens is 1. The highest BCUT2D eigenvalue weighted by Crippen LogP contribution is 2.21. The highest BCUT2D eigenvalue weighted by molar-refractivity contribution is 7.10. The topological polar surface area (TPSA) is 76.0 Å². The van der Waals surface area contributed by atoms with Crippen LogP contribution in [0.4, 0.5) is 10.1 Å². The van der Waals surface area contributed by atoms with Gasteiger partial charge < -0.3 is 10.6 Å². The Morgan fingerprint density at radius 3 is 2.68 bits per heavy atom. The highest BCUT2D eigenvalue weighted by atomic mass is 32.1. The van der Waals surface area contributed by atoms with E-state index in [1.165, 1.54) is 29.5 Å². The van der Waals surface area contributed by atoms with Crippen LogP contribution in [0.15, 0.2) is 60.2 Å². The molecule has 2 aromatic heterocycles. The fourth-order valence-corrected chi connectivity index (χ4v) is 3.10. The van der Waals surface area contributed by atoms with Gasteiger partial charge in [0.2, 0.25) is 0 Å². The van der Waals surface area contributed by atoms with E-state index in [-0.39, 0.29) is 18.3 Å². The van der Waals surface area contributed by atoms with Gasteiger partial charge in [0, 0.05) is 23.8 Å². The monoisotopic (exact) mass is 358 g/mol. The van der Waals surface area contributed by atoms with E-state index in [4.69, 9.17) is 0 Å². The number of anilines is 1. The second kappa shape index (κ2) is 7.71. The second-order valence-corrected chi connectivity index (χ2v) is 6.14. The molecule has 0 aliphatic carbocycles. The molecule has 2 heterocycles. The van der Waals surface area contributed by atoms with Crippen LogP contribution in [-0.2, 0) is 9.59 Å². The van der Waals surface area contributed by atoms with E-state index in [0.29, 0.717) is 0 Å². The minimum absolute atomic E-state index is 0.0375. The number of carbonyl (C=O) groups is 2. The van der Waals surface area contributed by atoms with Crippen molar-refractivity contribution >= 4 is 28.8 Å². The standard InChI is InChI=1S/C17H15FN4O2S/c18-12-5-1-2-6-13(12)21-17(24)16(23)19-11-14(15-7-3-10-25-15)22-9-4-8-20-22/h1-10,14H,11H2,(H,19,23)(H,21,24). The third kappa shape index (κ3) is 4.10. The van der Waals surface area contributed by atoms with Crippen LogP contribution in [0.3, 0.4) is 0 Å². The average molecular weight is 358 g/mol. The van der Waals surface area contributed by atoms with Crippen LogP contribution in [0.25, 0.3) is 0 Å². The van der Waals surface area contributed by atoms with E-state index >= 15 is 0 Å². The summed E-state index contributed by atoms with van der Waals surface area (Å²) in [5.74, 6) is -2.36. The minimum Gasteiger partial charge on any atom is -0.345 e. The van der Waals surface area contributed by atoms with E-state index in [1.54, 1.807) is 29.2 Å². The molecule has 1 aromatic carbocycles. The lowest BCUT2D eigenvalue weighted by Gasteiger charge is -2.17. The van der Waals surface area contributed by atoms with Gasteiger partial charge in [0.15, 0.2) is 0 Å². The molecule has 2 amide bonds. The molecule has 0 radical (unpaired) electrons. The first kappa shape index (κ1) is 16.8. The summed E-state index contributed by atoms with van der Waals surface area (Å²) >= 11 is 1.53. The van der Waals surface area contributed by atoms with Crippen molar-refractivity contribution < 1.29 is 14.0 Å². The number of benzene rings is 1. The van der Waals surface area contributed by atoms with Gasteiger partial charge in [-0.15, -0.1) is 11.3 Å². The fraction of sp³-hybridized carbons (Fsp3) is 0.118. The Kier molecular flexibility index (Phi) is 5.20. The van der Waals surface area contributed by atoms with Crippen LogP contribution in [0.5, 0.6) is 0 Å². The predicted molar refractivity (Wildman–Crippen MR) is 92.7 cm³/mol. The summed E-state index contributed by atoms with van der Waals surface area (Å²) in [7, 11) is 0. The van der Waals surface area contributed by atoms with Crippen molar-refractivity contribution in [3.8, 4) is 0 Å². The van der Waals surface area contributed by atoms with Crippen LogP contribution >= 0.6 is 11.3 Å². The first-order valence-electron chi connectivity index (χ1n) is 7.51. The molecule has 0 fully saturated rings. The van der Waals surface area contributed by atoms with Crippen molar-refractivity contribution in [3.05, 3.63) is 70.9 Å². The molecule has 6 nitrogen and oxygen atoms in total. The molecule has 0 saturated carbocycles. The number of nitrogens with one attached hydrogen (secondary N) is 2. The number of carbonyl (C=O) groups excluding carboxylic acids is 2. The van der Waals surface area contributed by atoms with Crippen LogP contribution in [0.1, 0.15) is 10.9 Å². The summed E-state index contributed by atoms with van der Waals surface area (Å²) in [6.07, 6.45) is 3.43. The summed E-state index contributed by atoms with van der Waals surface area (Å²) in [5, 5.41) is 11.0. The molecule has 3 aromatic rings. The first-order chi connectivity index (χ1) is 12.1. The molecule has 25 heavy (non-hydrogen) atoms. The second-order valence-electron chi connectivity index (χ2n) is 5.16. The molecule has 0 aliphatic rings. The quantitative estimate of drug-likeness (QED) is 0.688. The molecular weight excluding hydrogens is 343 g/mol. The number of hydrogen-bond acceptors (Lipinski definition) is 4. The van der Waals surface area contributed by atoms with Crippen molar-refractivity contribution in [2.24, 2.45) is 0 Å². The number of aromatic nitrogens is 2. The van der Waals surface area contributed by atoms with Gasteiger partial charge in [0.25, 0.3) is 0 Å². The summed E-state index contributed by atoms with van der Waals surface area (Å²) in [6, 6.07) is 11.1.